The highest BCUT2D eigenvalue weighted by Crippen LogP contribution is 2.58. The molecule has 0 atom stereocenters. The molecule has 2 aliphatic heterocycles. The zero-order valence-electron chi connectivity index (χ0n) is 9.41. The third-order valence-corrected chi connectivity index (χ3v) is 4.92. The summed E-state index contributed by atoms with van der Waals surface area (Å²) in [4.78, 5) is 11.6. The smallest absolute Gasteiger partial charge is 0.315 e. The van der Waals surface area contributed by atoms with Crippen LogP contribution in [0.15, 0.2) is 0 Å². The van der Waals surface area contributed by atoms with Crippen molar-refractivity contribution in [1.82, 2.24) is 0 Å². The highest BCUT2D eigenvalue weighted by atomic mass is 16.5. The summed E-state index contributed by atoms with van der Waals surface area (Å²) in [5.41, 5.74) is -0.784. The monoisotopic (exact) mass is 226 g/mol. The molecule has 3 aliphatic rings. The molecule has 16 heavy (non-hydrogen) atoms. The normalized spacial score (nSPS) is 31.8. The lowest BCUT2D eigenvalue weighted by Crippen LogP contribution is -2.69. The summed E-state index contributed by atoms with van der Waals surface area (Å²) in [6.07, 6.45) is 4.81. The minimum Gasteiger partial charge on any atom is -0.481 e. The maximum absolute atomic E-state index is 11.6. The van der Waals surface area contributed by atoms with Gasteiger partial charge in [-0.05, 0) is 18.8 Å². The molecular formula is C12H18O4. The highest BCUT2D eigenvalue weighted by molar-refractivity contribution is 5.77. The molecule has 0 radical (unpaired) electrons. The molecule has 90 valence electrons. The first kappa shape index (κ1) is 10.5. The Kier molecular flexibility index (Phi) is 2.27. The van der Waals surface area contributed by atoms with Crippen molar-refractivity contribution in [3.05, 3.63) is 0 Å². The van der Waals surface area contributed by atoms with E-state index in [9.17, 15) is 9.90 Å². The van der Waals surface area contributed by atoms with E-state index in [0.717, 1.165) is 0 Å². The Morgan fingerprint density at radius 3 is 1.94 bits per heavy atom. The number of hydrogen-bond donors (Lipinski definition) is 1. The fourth-order valence-corrected chi connectivity index (χ4v) is 3.63. The first-order valence-electron chi connectivity index (χ1n) is 6.10. The molecule has 0 bridgehead atoms. The number of hydrogen-bond acceptors (Lipinski definition) is 3. The number of carbonyl (C=O) groups is 1. The predicted molar refractivity (Wildman–Crippen MR) is 56.1 cm³/mol. The topological polar surface area (TPSA) is 55.8 Å². The molecular weight excluding hydrogens is 208 g/mol. The number of ether oxygens (including phenoxy) is 2. The van der Waals surface area contributed by atoms with Crippen molar-refractivity contribution in [1.29, 1.82) is 0 Å². The summed E-state index contributed by atoms with van der Waals surface area (Å²) in [5, 5.41) is 9.51. The molecule has 0 aromatic heterocycles. The van der Waals surface area contributed by atoms with E-state index < -0.39 is 11.4 Å². The number of rotatable bonds is 3. The van der Waals surface area contributed by atoms with Crippen LogP contribution in [-0.4, -0.2) is 37.5 Å². The molecule has 0 spiro atoms. The van der Waals surface area contributed by atoms with E-state index >= 15 is 0 Å². The number of carboxylic acid groups (broad SMARTS) is 1. The SMILES string of the molecule is O=C(O)C1(C2(C3CCCC3)COC2)COC1. The molecule has 1 saturated carbocycles. The van der Waals surface area contributed by atoms with Crippen molar-refractivity contribution in [2.45, 2.75) is 25.7 Å². The van der Waals surface area contributed by atoms with Crippen LogP contribution in [-0.2, 0) is 14.3 Å². The van der Waals surface area contributed by atoms with Crippen LogP contribution in [0.3, 0.4) is 0 Å². The van der Waals surface area contributed by atoms with Gasteiger partial charge in [-0.1, -0.05) is 12.8 Å². The fourth-order valence-electron chi connectivity index (χ4n) is 3.63. The summed E-state index contributed by atoms with van der Waals surface area (Å²) in [7, 11) is 0. The lowest BCUT2D eigenvalue weighted by Gasteiger charge is -2.59. The number of aliphatic carboxylic acids is 1. The van der Waals surface area contributed by atoms with E-state index in [1.54, 1.807) is 0 Å². The largest absolute Gasteiger partial charge is 0.481 e. The zero-order chi connectivity index (χ0) is 11.2. The molecule has 1 aliphatic carbocycles. The van der Waals surface area contributed by atoms with Crippen molar-refractivity contribution < 1.29 is 19.4 Å². The van der Waals surface area contributed by atoms with Gasteiger partial charge in [0.1, 0.15) is 5.41 Å². The predicted octanol–water partition coefficient (Wildman–Crippen LogP) is 1.29. The molecule has 4 nitrogen and oxygen atoms in total. The molecule has 0 amide bonds. The van der Waals surface area contributed by atoms with E-state index in [1.165, 1.54) is 25.7 Å². The standard InChI is InChI=1S/C12H18O4/c13-10(14)12(7-16-8-12)11(5-15-6-11)9-3-1-2-4-9/h9H,1-8H2,(H,13,14). The molecule has 0 aromatic rings. The van der Waals surface area contributed by atoms with Crippen molar-refractivity contribution in [3.63, 3.8) is 0 Å². The van der Waals surface area contributed by atoms with Crippen LogP contribution in [0.4, 0.5) is 0 Å². The minimum atomic E-state index is -0.686. The van der Waals surface area contributed by atoms with Gasteiger partial charge >= 0.3 is 5.97 Å². The van der Waals surface area contributed by atoms with Gasteiger partial charge in [0.15, 0.2) is 0 Å². The summed E-state index contributed by atoms with van der Waals surface area (Å²) in [6, 6.07) is 0. The van der Waals surface area contributed by atoms with Gasteiger partial charge in [-0.15, -0.1) is 0 Å². The molecule has 0 aromatic carbocycles. The first-order chi connectivity index (χ1) is 7.71. The van der Waals surface area contributed by atoms with Gasteiger partial charge in [-0.3, -0.25) is 4.79 Å². The van der Waals surface area contributed by atoms with Crippen LogP contribution in [0.25, 0.3) is 0 Å². The van der Waals surface area contributed by atoms with E-state index in [2.05, 4.69) is 0 Å². The Labute approximate surface area is 94.9 Å². The maximum Gasteiger partial charge on any atom is 0.315 e. The third kappa shape index (κ3) is 1.09. The quantitative estimate of drug-likeness (QED) is 0.788. The van der Waals surface area contributed by atoms with Gasteiger partial charge in [0.05, 0.1) is 26.4 Å². The average Bonchev–Trinajstić information content (AvgIpc) is 2.59. The van der Waals surface area contributed by atoms with Crippen LogP contribution in [0.1, 0.15) is 25.7 Å². The van der Waals surface area contributed by atoms with Crippen molar-refractivity contribution in [2.24, 2.45) is 16.7 Å². The molecule has 2 heterocycles. The first-order valence-corrected chi connectivity index (χ1v) is 6.10. The van der Waals surface area contributed by atoms with E-state index in [4.69, 9.17) is 9.47 Å². The van der Waals surface area contributed by atoms with E-state index in [0.29, 0.717) is 32.3 Å². The summed E-state index contributed by atoms with van der Waals surface area (Å²) >= 11 is 0. The van der Waals surface area contributed by atoms with Gasteiger partial charge in [-0.2, -0.15) is 0 Å². The summed E-state index contributed by atoms with van der Waals surface area (Å²) < 4.78 is 10.6. The second kappa shape index (κ2) is 3.44. The summed E-state index contributed by atoms with van der Waals surface area (Å²) in [6.45, 7) is 1.99. The van der Waals surface area contributed by atoms with E-state index in [1.807, 2.05) is 0 Å². The lowest BCUT2D eigenvalue weighted by molar-refractivity contribution is -0.284. The zero-order valence-corrected chi connectivity index (χ0v) is 9.41. The molecule has 4 heteroatoms. The van der Waals surface area contributed by atoms with Gasteiger partial charge in [0, 0.05) is 5.41 Å². The van der Waals surface area contributed by atoms with Gasteiger partial charge in [-0.25, -0.2) is 0 Å². The highest BCUT2D eigenvalue weighted by Gasteiger charge is 2.67. The fraction of sp³-hybridized carbons (Fsp3) is 0.917. The van der Waals surface area contributed by atoms with Crippen molar-refractivity contribution in [2.75, 3.05) is 26.4 Å². The Morgan fingerprint density at radius 1 is 1.06 bits per heavy atom. The molecule has 3 rings (SSSR count). The number of carboxylic acids is 1. The van der Waals surface area contributed by atoms with Gasteiger partial charge in [0.25, 0.3) is 0 Å². The molecule has 1 N–H and O–H groups in total. The van der Waals surface area contributed by atoms with Crippen LogP contribution in [0, 0.1) is 16.7 Å². The molecule has 2 saturated heterocycles. The van der Waals surface area contributed by atoms with Gasteiger partial charge in [0.2, 0.25) is 0 Å². The summed E-state index contributed by atoms with van der Waals surface area (Å²) in [5.74, 6) is -0.157. The molecule has 3 fully saturated rings. The Morgan fingerprint density at radius 2 is 1.62 bits per heavy atom. The van der Waals surface area contributed by atoms with Gasteiger partial charge < -0.3 is 14.6 Å². The van der Waals surface area contributed by atoms with Crippen molar-refractivity contribution >= 4 is 5.97 Å². The van der Waals surface area contributed by atoms with Crippen LogP contribution in [0.2, 0.25) is 0 Å². The van der Waals surface area contributed by atoms with Crippen LogP contribution >= 0.6 is 0 Å². The van der Waals surface area contributed by atoms with Crippen LogP contribution < -0.4 is 0 Å². The second-order valence-electron chi connectivity index (χ2n) is 5.51. The lowest BCUT2D eigenvalue weighted by atomic mass is 9.54. The minimum absolute atomic E-state index is 0.131. The Bertz CT molecular complexity index is 298. The Balaban J connectivity index is 1.91. The van der Waals surface area contributed by atoms with Crippen molar-refractivity contribution in [3.8, 4) is 0 Å². The van der Waals surface area contributed by atoms with E-state index in [-0.39, 0.29) is 5.41 Å². The maximum atomic E-state index is 11.6. The third-order valence-electron chi connectivity index (χ3n) is 4.92. The second-order valence-corrected chi connectivity index (χ2v) is 5.51. The Hall–Kier alpha value is -0.610. The average molecular weight is 226 g/mol. The molecule has 0 unspecified atom stereocenters. The van der Waals surface area contributed by atoms with Crippen LogP contribution in [0.5, 0.6) is 0 Å².